The molecule has 1 aromatic carbocycles. The van der Waals surface area contributed by atoms with E-state index in [4.69, 9.17) is 5.84 Å². The number of fused-ring (bicyclic) bond motifs is 1. The molecule has 2 rings (SSSR count). The molecule has 4 nitrogen and oxygen atoms in total. The van der Waals surface area contributed by atoms with Gasteiger partial charge in [0.25, 0.3) is 0 Å². The third-order valence-electron chi connectivity index (χ3n) is 3.56. The van der Waals surface area contributed by atoms with Gasteiger partial charge < -0.3 is 4.90 Å². The zero-order valence-corrected chi connectivity index (χ0v) is 11.1. The molecule has 0 fully saturated rings. The van der Waals surface area contributed by atoms with Crippen LogP contribution in [0.1, 0.15) is 30.9 Å². The van der Waals surface area contributed by atoms with E-state index in [1.807, 2.05) is 0 Å². The Hall–Kier alpha value is -1.55. The first-order chi connectivity index (χ1) is 8.61. The Morgan fingerprint density at radius 2 is 2.33 bits per heavy atom. The number of hydrogen-bond acceptors (Lipinski definition) is 3. The Bertz CT molecular complexity index is 445. The lowest BCUT2D eigenvalue weighted by molar-refractivity contribution is -0.121. The molecule has 1 amide bonds. The fraction of sp³-hybridized carbons (Fsp3) is 0.500. The quantitative estimate of drug-likeness (QED) is 0.483. The molecule has 1 atom stereocenters. The average molecular weight is 247 g/mol. The van der Waals surface area contributed by atoms with Gasteiger partial charge in [0.05, 0.1) is 0 Å². The third-order valence-corrected chi connectivity index (χ3v) is 3.56. The first kappa shape index (κ1) is 12.9. The monoisotopic (exact) mass is 247 g/mol. The lowest BCUT2D eigenvalue weighted by atomic mass is 9.97. The van der Waals surface area contributed by atoms with Gasteiger partial charge in [-0.15, -0.1) is 0 Å². The minimum atomic E-state index is -0.110. The van der Waals surface area contributed by atoms with Crippen LogP contribution in [0.5, 0.6) is 0 Å². The van der Waals surface area contributed by atoms with Crippen molar-refractivity contribution in [1.82, 2.24) is 5.43 Å². The second-order valence-electron chi connectivity index (χ2n) is 5.05. The molecule has 0 bridgehead atoms. The summed E-state index contributed by atoms with van der Waals surface area (Å²) in [5, 5.41) is 0. The Labute approximate surface area is 108 Å². The fourth-order valence-electron chi connectivity index (χ4n) is 2.65. The highest BCUT2D eigenvalue weighted by atomic mass is 16.2. The number of rotatable bonds is 3. The van der Waals surface area contributed by atoms with E-state index in [1.54, 1.807) is 0 Å². The highest BCUT2D eigenvalue weighted by Crippen LogP contribution is 2.30. The van der Waals surface area contributed by atoms with E-state index in [1.165, 1.54) is 16.8 Å². The number of aryl methyl sites for hydroxylation is 2. The maximum absolute atomic E-state index is 11.4. The third kappa shape index (κ3) is 2.64. The highest BCUT2D eigenvalue weighted by molar-refractivity contribution is 5.76. The number of nitrogens with two attached hydrogens (primary N) is 1. The van der Waals surface area contributed by atoms with Crippen molar-refractivity contribution in [3.63, 3.8) is 0 Å². The second kappa shape index (κ2) is 5.40. The van der Waals surface area contributed by atoms with Gasteiger partial charge in [0.1, 0.15) is 0 Å². The van der Waals surface area contributed by atoms with Crippen LogP contribution >= 0.6 is 0 Å². The number of hydrazine groups is 1. The van der Waals surface area contributed by atoms with Crippen molar-refractivity contribution in [3.8, 4) is 0 Å². The first-order valence-electron chi connectivity index (χ1n) is 6.47. The van der Waals surface area contributed by atoms with E-state index in [2.05, 4.69) is 42.4 Å². The maximum Gasteiger partial charge on any atom is 0.235 e. The summed E-state index contributed by atoms with van der Waals surface area (Å²) in [4.78, 5) is 13.7. The van der Waals surface area contributed by atoms with Crippen molar-refractivity contribution >= 4 is 11.6 Å². The van der Waals surface area contributed by atoms with Crippen LogP contribution in [0, 0.1) is 6.92 Å². The Morgan fingerprint density at radius 3 is 3.06 bits per heavy atom. The predicted octanol–water partition coefficient (Wildman–Crippen LogP) is 1.52. The molecule has 1 heterocycles. The van der Waals surface area contributed by atoms with Crippen LogP contribution in [0.15, 0.2) is 18.2 Å². The lowest BCUT2D eigenvalue weighted by Crippen LogP contribution is -2.42. The van der Waals surface area contributed by atoms with Crippen molar-refractivity contribution in [2.45, 2.75) is 39.2 Å². The summed E-state index contributed by atoms with van der Waals surface area (Å²) in [6.07, 6.45) is 2.71. The molecule has 4 heteroatoms. The molecule has 0 spiro atoms. The van der Waals surface area contributed by atoms with Crippen LogP contribution in [0.4, 0.5) is 5.69 Å². The molecular weight excluding hydrogens is 226 g/mol. The summed E-state index contributed by atoms with van der Waals surface area (Å²) in [5.74, 6) is 5.04. The van der Waals surface area contributed by atoms with Crippen LogP contribution in [0.25, 0.3) is 0 Å². The van der Waals surface area contributed by atoms with Crippen LogP contribution in [-0.4, -0.2) is 18.5 Å². The molecular formula is C14H21N3O. The van der Waals surface area contributed by atoms with Crippen LogP contribution in [-0.2, 0) is 11.2 Å². The summed E-state index contributed by atoms with van der Waals surface area (Å²) in [7, 11) is 0. The predicted molar refractivity (Wildman–Crippen MR) is 73.3 cm³/mol. The number of benzene rings is 1. The molecule has 0 saturated heterocycles. The minimum Gasteiger partial charge on any atom is -0.368 e. The minimum absolute atomic E-state index is 0.110. The van der Waals surface area contributed by atoms with Gasteiger partial charge in [-0.05, 0) is 38.3 Å². The molecule has 0 radical (unpaired) electrons. The number of carbonyl (C=O) groups is 1. The topological polar surface area (TPSA) is 58.4 Å². The van der Waals surface area contributed by atoms with E-state index in [9.17, 15) is 4.79 Å². The number of nitrogens with one attached hydrogen (secondary N) is 1. The summed E-state index contributed by atoms with van der Waals surface area (Å²) in [6, 6.07) is 6.72. The van der Waals surface area contributed by atoms with Gasteiger partial charge in [0, 0.05) is 24.7 Å². The summed E-state index contributed by atoms with van der Waals surface area (Å²) >= 11 is 0. The molecule has 0 aliphatic carbocycles. The summed E-state index contributed by atoms with van der Waals surface area (Å²) < 4.78 is 0. The van der Waals surface area contributed by atoms with Gasteiger partial charge in [0.15, 0.2) is 0 Å². The normalized spacial score (nSPS) is 16.1. The van der Waals surface area contributed by atoms with Crippen LogP contribution < -0.4 is 16.2 Å². The van der Waals surface area contributed by atoms with Gasteiger partial charge in [-0.25, -0.2) is 5.84 Å². The fourth-order valence-corrected chi connectivity index (χ4v) is 2.65. The zero-order valence-electron chi connectivity index (χ0n) is 11.1. The number of hydrogen-bond donors (Lipinski definition) is 2. The first-order valence-corrected chi connectivity index (χ1v) is 6.47. The van der Waals surface area contributed by atoms with E-state index >= 15 is 0 Å². The second-order valence-corrected chi connectivity index (χ2v) is 5.05. The van der Waals surface area contributed by atoms with Crippen molar-refractivity contribution in [3.05, 3.63) is 29.3 Å². The van der Waals surface area contributed by atoms with Crippen molar-refractivity contribution in [2.75, 3.05) is 11.4 Å². The van der Waals surface area contributed by atoms with Gasteiger partial charge in [-0.2, -0.15) is 0 Å². The van der Waals surface area contributed by atoms with Gasteiger partial charge in [0.2, 0.25) is 5.91 Å². The molecule has 1 aromatic rings. The van der Waals surface area contributed by atoms with Crippen LogP contribution in [0.3, 0.4) is 0 Å². The molecule has 3 N–H and O–H groups in total. The molecule has 0 aromatic heterocycles. The van der Waals surface area contributed by atoms with Gasteiger partial charge in [-0.1, -0.05) is 17.7 Å². The summed E-state index contributed by atoms with van der Waals surface area (Å²) in [6.45, 7) is 5.20. The molecule has 1 unspecified atom stereocenters. The number of anilines is 1. The number of amides is 1. The van der Waals surface area contributed by atoms with Crippen molar-refractivity contribution < 1.29 is 4.79 Å². The van der Waals surface area contributed by atoms with Gasteiger partial charge in [-0.3, -0.25) is 10.2 Å². The molecule has 1 aliphatic rings. The molecule has 1 aliphatic heterocycles. The SMILES string of the molecule is Cc1ccc2c(c1)CCCN2C(C)CC(=O)NN. The molecule has 0 saturated carbocycles. The van der Waals surface area contributed by atoms with E-state index in [0.717, 1.165) is 19.4 Å². The van der Waals surface area contributed by atoms with Crippen molar-refractivity contribution in [1.29, 1.82) is 0 Å². The Kier molecular flexibility index (Phi) is 3.87. The van der Waals surface area contributed by atoms with E-state index in [0.29, 0.717) is 6.42 Å². The van der Waals surface area contributed by atoms with E-state index in [-0.39, 0.29) is 11.9 Å². The highest BCUT2D eigenvalue weighted by Gasteiger charge is 2.22. The smallest absolute Gasteiger partial charge is 0.235 e. The average Bonchev–Trinajstić information content (AvgIpc) is 2.37. The lowest BCUT2D eigenvalue weighted by Gasteiger charge is -2.36. The standard InChI is InChI=1S/C14H21N3O/c1-10-5-6-13-12(8-10)4-3-7-17(13)11(2)9-14(18)16-15/h5-6,8,11H,3-4,7,9,15H2,1-2H3,(H,16,18). The Balaban J connectivity index is 2.19. The zero-order chi connectivity index (χ0) is 13.1. The van der Waals surface area contributed by atoms with Crippen molar-refractivity contribution in [2.24, 2.45) is 5.84 Å². The largest absolute Gasteiger partial charge is 0.368 e. The number of carbonyl (C=O) groups excluding carboxylic acids is 1. The maximum atomic E-state index is 11.4. The molecule has 98 valence electrons. The van der Waals surface area contributed by atoms with Crippen LogP contribution in [0.2, 0.25) is 0 Å². The molecule has 18 heavy (non-hydrogen) atoms. The number of nitrogens with zero attached hydrogens (tertiary/aromatic N) is 1. The van der Waals surface area contributed by atoms with Gasteiger partial charge >= 0.3 is 0 Å². The summed E-state index contributed by atoms with van der Waals surface area (Å²) in [5.41, 5.74) is 6.15. The Morgan fingerprint density at radius 1 is 1.56 bits per heavy atom. The van der Waals surface area contributed by atoms with E-state index < -0.39 is 0 Å².